The molecule has 0 aromatic heterocycles. The van der Waals surface area contributed by atoms with Gasteiger partial charge in [-0.2, -0.15) is 0 Å². The predicted molar refractivity (Wildman–Crippen MR) is 69.0 cm³/mol. The Balaban J connectivity index is 2.35. The largest absolute Gasteiger partial charge is 0.481 e. The van der Waals surface area contributed by atoms with Gasteiger partial charge in [0.15, 0.2) is 0 Å². The van der Waals surface area contributed by atoms with Crippen LogP contribution in [0.4, 0.5) is 8.78 Å². The van der Waals surface area contributed by atoms with Crippen LogP contribution in [0.3, 0.4) is 0 Å². The molecule has 5 heteroatoms. The highest BCUT2D eigenvalue weighted by atomic mass is 19.1. The second-order valence-electron chi connectivity index (χ2n) is 5.12. The van der Waals surface area contributed by atoms with E-state index < -0.39 is 35.5 Å². The van der Waals surface area contributed by atoms with E-state index in [1.807, 2.05) is 0 Å². The lowest BCUT2D eigenvalue weighted by Crippen LogP contribution is -2.30. The van der Waals surface area contributed by atoms with Crippen molar-refractivity contribution in [2.24, 2.45) is 11.8 Å². The minimum atomic E-state index is -1.34. The van der Waals surface area contributed by atoms with Crippen LogP contribution in [0.15, 0.2) is 24.3 Å². The van der Waals surface area contributed by atoms with Crippen LogP contribution in [0, 0.1) is 30.4 Å². The third kappa shape index (κ3) is 2.72. The molecule has 20 heavy (non-hydrogen) atoms. The third-order valence-electron chi connectivity index (χ3n) is 3.80. The standard InChI is InChI=1S/C15H16F2O3/c1-8-6-13(17)11(7-12(8)16)14(18)9-4-2-3-5-10(9)15(19)20/h2-3,6-7,9-10,14,18H,4-5H2,1H3,(H,19,20). The number of carboxylic acids is 1. The molecule has 1 aliphatic rings. The molecule has 1 aromatic carbocycles. The minimum Gasteiger partial charge on any atom is -0.481 e. The van der Waals surface area contributed by atoms with Gasteiger partial charge in [-0.1, -0.05) is 12.2 Å². The van der Waals surface area contributed by atoms with Gasteiger partial charge in [0.1, 0.15) is 11.6 Å². The molecule has 2 rings (SSSR count). The van der Waals surface area contributed by atoms with E-state index >= 15 is 0 Å². The Morgan fingerprint density at radius 3 is 2.55 bits per heavy atom. The molecule has 0 fully saturated rings. The fourth-order valence-corrected chi connectivity index (χ4v) is 2.59. The van der Waals surface area contributed by atoms with Crippen molar-refractivity contribution in [3.63, 3.8) is 0 Å². The second kappa shape index (κ2) is 5.71. The van der Waals surface area contributed by atoms with Gasteiger partial charge in [-0.3, -0.25) is 4.79 Å². The molecule has 2 N–H and O–H groups in total. The fraction of sp³-hybridized carbons (Fsp3) is 0.400. The van der Waals surface area contributed by atoms with Gasteiger partial charge in [0, 0.05) is 11.5 Å². The molecule has 3 nitrogen and oxygen atoms in total. The number of aryl methyl sites for hydroxylation is 1. The summed E-state index contributed by atoms with van der Waals surface area (Å²) in [6.07, 6.45) is 2.76. The molecule has 3 unspecified atom stereocenters. The number of rotatable bonds is 3. The summed E-state index contributed by atoms with van der Waals surface area (Å²) in [4.78, 5) is 11.2. The average molecular weight is 282 g/mol. The maximum Gasteiger partial charge on any atom is 0.307 e. The van der Waals surface area contributed by atoms with E-state index in [0.29, 0.717) is 6.42 Å². The molecule has 1 aliphatic carbocycles. The molecular weight excluding hydrogens is 266 g/mol. The summed E-state index contributed by atoms with van der Waals surface area (Å²) in [6.45, 7) is 1.43. The molecule has 0 heterocycles. The topological polar surface area (TPSA) is 57.5 Å². The minimum absolute atomic E-state index is 0.150. The number of hydrogen-bond donors (Lipinski definition) is 2. The smallest absolute Gasteiger partial charge is 0.307 e. The molecule has 0 saturated carbocycles. The van der Waals surface area contributed by atoms with Crippen molar-refractivity contribution in [2.75, 3.05) is 0 Å². The summed E-state index contributed by atoms with van der Waals surface area (Å²) in [5.41, 5.74) is -0.0311. The van der Waals surface area contributed by atoms with Crippen LogP contribution in [0.5, 0.6) is 0 Å². The summed E-state index contributed by atoms with van der Waals surface area (Å²) >= 11 is 0. The number of allylic oxidation sites excluding steroid dienone is 2. The number of aliphatic hydroxyl groups excluding tert-OH is 1. The predicted octanol–water partition coefficient (Wildman–Crippen LogP) is 2.97. The van der Waals surface area contributed by atoms with Gasteiger partial charge < -0.3 is 10.2 Å². The van der Waals surface area contributed by atoms with E-state index in [0.717, 1.165) is 12.1 Å². The Bertz CT molecular complexity index is 554. The van der Waals surface area contributed by atoms with Gasteiger partial charge in [-0.05, 0) is 37.5 Å². The Morgan fingerprint density at radius 1 is 1.25 bits per heavy atom. The number of hydrogen-bond acceptors (Lipinski definition) is 2. The average Bonchev–Trinajstić information content (AvgIpc) is 2.42. The lowest BCUT2D eigenvalue weighted by molar-refractivity contribution is -0.145. The van der Waals surface area contributed by atoms with Crippen molar-refractivity contribution in [1.82, 2.24) is 0 Å². The third-order valence-corrected chi connectivity index (χ3v) is 3.80. The van der Waals surface area contributed by atoms with E-state index in [-0.39, 0.29) is 17.5 Å². The molecule has 0 bridgehead atoms. The zero-order valence-corrected chi connectivity index (χ0v) is 11.0. The summed E-state index contributed by atoms with van der Waals surface area (Å²) in [6, 6.07) is 1.97. The Morgan fingerprint density at radius 2 is 1.90 bits per heavy atom. The first-order chi connectivity index (χ1) is 9.41. The zero-order valence-electron chi connectivity index (χ0n) is 11.0. The van der Waals surface area contributed by atoms with Crippen LogP contribution >= 0.6 is 0 Å². The second-order valence-corrected chi connectivity index (χ2v) is 5.12. The number of aliphatic carboxylic acids is 1. The lowest BCUT2D eigenvalue weighted by atomic mass is 9.77. The molecule has 0 amide bonds. The van der Waals surface area contributed by atoms with Crippen LogP contribution in [-0.4, -0.2) is 16.2 Å². The van der Waals surface area contributed by atoms with E-state index in [1.165, 1.54) is 6.92 Å². The fourth-order valence-electron chi connectivity index (χ4n) is 2.59. The van der Waals surface area contributed by atoms with Crippen molar-refractivity contribution in [1.29, 1.82) is 0 Å². The first-order valence-electron chi connectivity index (χ1n) is 6.43. The SMILES string of the molecule is Cc1cc(F)c(C(O)C2CC=CCC2C(=O)O)cc1F. The lowest BCUT2D eigenvalue weighted by Gasteiger charge is -2.30. The Hall–Kier alpha value is -1.75. The monoisotopic (exact) mass is 282 g/mol. The molecule has 0 radical (unpaired) electrons. The van der Waals surface area contributed by atoms with Crippen LogP contribution in [0.2, 0.25) is 0 Å². The highest BCUT2D eigenvalue weighted by molar-refractivity contribution is 5.71. The van der Waals surface area contributed by atoms with Crippen molar-refractivity contribution in [3.8, 4) is 0 Å². The van der Waals surface area contributed by atoms with Crippen LogP contribution < -0.4 is 0 Å². The first kappa shape index (κ1) is 14.7. The number of aliphatic hydroxyl groups is 1. The first-order valence-corrected chi connectivity index (χ1v) is 6.43. The number of carboxylic acid groups (broad SMARTS) is 1. The highest BCUT2D eigenvalue weighted by Crippen LogP contribution is 2.37. The van der Waals surface area contributed by atoms with Crippen molar-refractivity contribution in [2.45, 2.75) is 25.9 Å². The maximum atomic E-state index is 13.9. The van der Waals surface area contributed by atoms with Gasteiger partial charge >= 0.3 is 5.97 Å². The molecule has 0 spiro atoms. The molecule has 3 atom stereocenters. The normalized spacial score (nSPS) is 23.6. The van der Waals surface area contributed by atoms with Gasteiger partial charge in [0.2, 0.25) is 0 Å². The van der Waals surface area contributed by atoms with Crippen LogP contribution in [-0.2, 0) is 4.79 Å². The van der Waals surface area contributed by atoms with Crippen LogP contribution in [0.1, 0.15) is 30.1 Å². The Labute approximate surface area is 115 Å². The summed E-state index contributed by atoms with van der Waals surface area (Å²) in [5.74, 6) is -3.81. The molecule has 108 valence electrons. The summed E-state index contributed by atoms with van der Waals surface area (Å²) in [7, 11) is 0. The molecule has 1 aromatic rings. The highest BCUT2D eigenvalue weighted by Gasteiger charge is 2.35. The number of halogens is 2. The molecule has 0 saturated heterocycles. The van der Waals surface area contributed by atoms with E-state index in [1.54, 1.807) is 12.2 Å². The van der Waals surface area contributed by atoms with E-state index in [9.17, 15) is 18.7 Å². The van der Waals surface area contributed by atoms with Gasteiger partial charge in [-0.25, -0.2) is 8.78 Å². The van der Waals surface area contributed by atoms with Crippen LogP contribution in [0.25, 0.3) is 0 Å². The van der Waals surface area contributed by atoms with Crippen molar-refractivity contribution >= 4 is 5.97 Å². The zero-order chi connectivity index (χ0) is 14.9. The van der Waals surface area contributed by atoms with Gasteiger partial charge in [-0.15, -0.1) is 0 Å². The summed E-state index contributed by atoms with van der Waals surface area (Å²) < 4.78 is 27.4. The van der Waals surface area contributed by atoms with Gasteiger partial charge in [0.25, 0.3) is 0 Å². The van der Waals surface area contributed by atoms with E-state index in [4.69, 9.17) is 5.11 Å². The quantitative estimate of drug-likeness (QED) is 0.838. The maximum absolute atomic E-state index is 13.9. The molecular formula is C15H16F2O3. The van der Waals surface area contributed by atoms with E-state index in [2.05, 4.69) is 0 Å². The van der Waals surface area contributed by atoms with Crippen molar-refractivity contribution < 1.29 is 23.8 Å². The Kier molecular flexibility index (Phi) is 4.18. The van der Waals surface area contributed by atoms with Gasteiger partial charge in [0.05, 0.1) is 12.0 Å². The number of benzene rings is 1. The number of carbonyl (C=O) groups is 1. The van der Waals surface area contributed by atoms with Crippen molar-refractivity contribution in [3.05, 3.63) is 47.0 Å². The molecule has 0 aliphatic heterocycles. The summed E-state index contributed by atoms with van der Waals surface area (Å²) in [5, 5.41) is 19.4.